The van der Waals surface area contributed by atoms with E-state index in [4.69, 9.17) is 14.2 Å². The van der Waals surface area contributed by atoms with Crippen molar-refractivity contribution < 1.29 is 23.8 Å². The Morgan fingerprint density at radius 2 is 1.64 bits per heavy atom. The Kier molecular flexibility index (Phi) is 6.23. The number of hydrogen-bond donors (Lipinski definition) is 0. The lowest BCUT2D eigenvalue weighted by molar-refractivity contribution is -0.160. The third-order valence-corrected chi connectivity index (χ3v) is 2.96. The van der Waals surface area contributed by atoms with Gasteiger partial charge in [0.15, 0.2) is 0 Å². The van der Waals surface area contributed by atoms with Crippen molar-refractivity contribution >= 4 is 12.1 Å². The first kappa shape index (κ1) is 18.7. The van der Waals surface area contributed by atoms with Gasteiger partial charge in [-0.05, 0) is 54.4 Å². The number of hydrogen-bond acceptors (Lipinski definition) is 5. The molecule has 1 fully saturated rings. The summed E-state index contributed by atoms with van der Waals surface area (Å²) in [6.45, 7) is 11.8. The second kappa shape index (κ2) is 7.31. The van der Waals surface area contributed by atoms with E-state index >= 15 is 0 Å². The molecular weight excluding hydrogens is 286 g/mol. The fraction of sp³-hybridized carbons (Fsp3) is 0.875. The molecule has 1 atom stereocenters. The highest BCUT2D eigenvalue weighted by atomic mass is 16.6. The van der Waals surface area contributed by atoms with Gasteiger partial charge in [-0.25, -0.2) is 9.59 Å². The van der Waals surface area contributed by atoms with E-state index < -0.39 is 17.2 Å². The zero-order chi connectivity index (χ0) is 17.0. The van der Waals surface area contributed by atoms with Crippen molar-refractivity contribution in [3.8, 4) is 0 Å². The molecule has 1 aliphatic rings. The third kappa shape index (κ3) is 7.11. The van der Waals surface area contributed by atoms with Crippen molar-refractivity contribution in [2.75, 3.05) is 19.8 Å². The van der Waals surface area contributed by atoms with Crippen LogP contribution < -0.4 is 0 Å². The zero-order valence-electron chi connectivity index (χ0n) is 14.6. The number of nitrogens with zero attached hydrogens (tertiary/aromatic N) is 1. The van der Waals surface area contributed by atoms with E-state index in [-0.39, 0.29) is 18.7 Å². The summed E-state index contributed by atoms with van der Waals surface area (Å²) < 4.78 is 16.0. The molecule has 0 aliphatic carbocycles. The third-order valence-electron chi connectivity index (χ3n) is 2.96. The molecule has 1 saturated heterocycles. The van der Waals surface area contributed by atoms with Crippen molar-refractivity contribution in [2.24, 2.45) is 0 Å². The predicted molar refractivity (Wildman–Crippen MR) is 82.6 cm³/mol. The fourth-order valence-corrected chi connectivity index (χ4v) is 2.22. The van der Waals surface area contributed by atoms with Gasteiger partial charge < -0.3 is 19.1 Å². The van der Waals surface area contributed by atoms with Gasteiger partial charge in [0.25, 0.3) is 0 Å². The molecule has 0 aromatic rings. The Balaban J connectivity index is 2.38. The van der Waals surface area contributed by atoms with E-state index in [1.54, 1.807) is 4.90 Å². The first-order valence-electron chi connectivity index (χ1n) is 7.77. The number of ether oxygens (including phenoxy) is 3. The first-order chi connectivity index (χ1) is 9.98. The minimum Gasteiger partial charge on any atom is -0.458 e. The maximum atomic E-state index is 12.1. The summed E-state index contributed by atoms with van der Waals surface area (Å²) in [7, 11) is 0. The van der Waals surface area contributed by atoms with Crippen molar-refractivity contribution in [3.05, 3.63) is 0 Å². The van der Waals surface area contributed by atoms with Crippen molar-refractivity contribution in [3.63, 3.8) is 0 Å². The van der Waals surface area contributed by atoms with Gasteiger partial charge in [0.2, 0.25) is 0 Å². The first-order valence-corrected chi connectivity index (χ1v) is 7.77. The summed E-state index contributed by atoms with van der Waals surface area (Å²) in [6.07, 6.45) is 1.45. The van der Waals surface area contributed by atoms with E-state index in [2.05, 4.69) is 0 Å². The minimum atomic E-state index is -0.518. The van der Waals surface area contributed by atoms with Crippen LogP contribution in [0, 0.1) is 0 Å². The van der Waals surface area contributed by atoms with Gasteiger partial charge in [0, 0.05) is 6.54 Å². The molecule has 6 heteroatoms. The Bertz CT molecular complexity index is 394. The summed E-state index contributed by atoms with van der Waals surface area (Å²) in [5.74, 6) is -0.394. The molecule has 1 rings (SSSR count). The molecule has 0 aromatic heterocycles. The molecule has 0 bridgehead atoms. The van der Waals surface area contributed by atoms with Gasteiger partial charge in [-0.15, -0.1) is 0 Å². The number of amides is 1. The highest BCUT2D eigenvalue weighted by Gasteiger charge is 2.32. The van der Waals surface area contributed by atoms with Crippen LogP contribution in [-0.2, 0) is 19.0 Å². The summed E-state index contributed by atoms with van der Waals surface area (Å²) in [5.41, 5.74) is -1.03. The molecule has 22 heavy (non-hydrogen) atoms. The van der Waals surface area contributed by atoms with Crippen LogP contribution >= 0.6 is 0 Å². The number of rotatable bonds is 4. The second-order valence-corrected chi connectivity index (χ2v) is 7.57. The van der Waals surface area contributed by atoms with Crippen LogP contribution in [0.5, 0.6) is 0 Å². The van der Waals surface area contributed by atoms with Crippen LogP contribution in [0.25, 0.3) is 0 Å². The van der Waals surface area contributed by atoms with Gasteiger partial charge in [0.05, 0.1) is 12.6 Å². The molecule has 0 unspecified atom stereocenters. The van der Waals surface area contributed by atoms with Crippen molar-refractivity contribution in [1.82, 2.24) is 4.90 Å². The Morgan fingerprint density at radius 1 is 1.05 bits per heavy atom. The van der Waals surface area contributed by atoms with E-state index in [1.165, 1.54) is 0 Å². The molecule has 6 nitrogen and oxygen atoms in total. The maximum absolute atomic E-state index is 12.1. The van der Waals surface area contributed by atoms with Gasteiger partial charge in [0.1, 0.15) is 17.8 Å². The van der Waals surface area contributed by atoms with Crippen LogP contribution in [0.2, 0.25) is 0 Å². The number of carbonyl (C=O) groups excluding carboxylic acids is 2. The summed E-state index contributed by atoms with van der Waals surface area (Å²) in [5, 5.41) is 0. The highest BCUT2D eigenvalue weighted by molar-refractivity contribution is 5.71. The maximum Gasteiger partial charge on any atom is 0.410 e. The Labute approximate surface area is 133 Å². The highest BCUT2D eigenvalue weighted by Crippen LogP contribution is 2.21. The molecule has 0 radical (unpaired) electrons. The molecule has 128 valence electrons. The van der Waals surface area contributed by atoms with E-state index in [0.29, 0.717) is 13.2 Å². The molecule has 1 aliphatic heterocycles. The zero-order valence-corrected chi connectivity index (χ0v) is 14.6. The monoisotopic (exact) mass is 315 g/mol. The lowest BCUT2D eigenvalue weighted by Crippen LogP contribution is -2.42. The fourth-order valence-electron chi connectivity index (χ4n) is 2.22. The van der Waals surface area contributed by atoms with Gasteiger partial charge >= 0.3 is 12.1 Å². The minimum absolute atomic E-state index is 0.0442. The van der Waals surface area contributed by atoms with E-state index in [1.807, 2.05) is 41.5 Å². The average Bonchev–Trinajstić information content (AvgIpc) is 2.72. The number of likely N-dealkylation sites (tertiary alicyclic amines) is 1. The van der Waals surface area contributed by atoms with Crippen LogP contribution in [0.3, 0.4) is 0 Å². The molecule has 0 aromatic carbocycles. The van der Waals surface area contributed by atoms with Gasteiger partial charge in [-0.3, -0.25) is 0 Å². The van der Waals surface area contributed by atoms with Crippen LogP contribution in [0.1, 0.15) is 54.4 Å². The quantitative estimate of drug-likeness (QED) is 0.746. The van der Waals surface area contributed by atoms with Gasteiger partial charge in [-0.1, -0.05) is 0 Å². The van der Waals surface area contributed by atoms with Crippen molar-refractivity contribution in [2.45, 2.75) is 71.6 Å². The second-order valence-electron chi connectivity index (χ2n) is 7.57. The molecule has 0 N–H and O–H groups in total. The molecule has 0 spiro atoms. The molecule has 1 heterocycles. The standard InChI is InChI=1S/C16H29NO5/c1-15(2,3)21-13(18)11-20-10-12-8-7-9-17(12)14(19)22-16(4,5)6/h12H,7-11H2,1-6H3/t12-/m0/s1. The van der Waals surface area contributed by atoms with Crippen LogP contribution in [0.4, 0.5) is 4.79 Å². The lowest BCUT2D eigenvalue weighted by atomic mass is 10.2. The molecule has 0 saturated carbocycles. The molecular formula is C16H29NO5. The lowest BCUT2D eigenvalue weighted by Gasteiger charge is -2.28. The normalized spacial score (nSPS) is 19.2. The predicted octanol–water partition coefficient (Wildman–Crippen LogP) is 2.74. The molecule has 1 amide bonds. The largest absolute Gasteiger partial charge is 0.458 e. The summed E-state index contributed by atoms with van der Waals surface area (Å²) >= 11 is 0. The number of carbonyl (C=O) groups is 2. The number of esters is 1. The topological polar surface area (TPSA) is 65.1 Å². The van der Waals surface area contributed by atoms with Gasteiger partial charge in [-0.2, -0.15) is 0 Å². The van der Waals surface area contributed by atoms with E-state index in [0.717, 1.165) is 12.8 Å². The van der Waals surface area contributed by atoms with E-state index in [9.17, 15) is 9.59 Å². The SMILES string of the molecule is CC(C)(C)OC(=O)COC[C@@H]1CCCN1C(=O)OC(C)(C)C. The van der Waals surface area contributed by atoms with Crippen molar-refractivity contribution in [1.29, 1.82) is 0 Å². The summed E-state index contributed by atoms with van der Waals surface area (Å²) in [6, 6.07) is -0.0442. The Morgan fingerprint density at radius 3 is 2.18 bits per heavy atom. The van der Waals surface area contributed by atoms with Crippen LogP contribution in [0.15, 0.2) is 0 Å². The smallest absolute Gasteiger partial charge is 0.410 e. The average molecular weight is 315 g/mol. The van der Waals surface area contributed by atoms with Crippen LogP contribution in [-0.4, -0.2) is 54.0 Å². The Hall–Kier alpha value is -1.30. The summed E-state index contributed by atoms with van der Waals surface area (Å²) in [4.78, 5) is 25.4.